The van der Waals surface area contributed by atoms with E-state index in [9.17, 15) is 0 Å². The third kappa shape index (κ3) is 14.2. The summed E-state index contributed by atoms with van der Waals surface area (Å²) in [6.07, 6.45) is 22.3. The molecule has 2 saturated carbocycles. The fourth-order valence-electron chi connectivity index (χ4n) is 4.80. The van der Waals surface area contributed by atoms with Crippen LogP contribution < -0.4 is 21.5 Å². The molecule has 4 N–H and O–H groups in total. The van der Waals surface area contributed by atoms with E-state index in [0.717, 1.165) is 24.3 Å². The highest BCUT2D eigenvalue weighted by atomic mass is 32.1. The number of unbranched alkanes of at least 4 members (excludes halogenated alkanes) is 5. The van der Waals surface area contributed by atoms with Crippen LogP contribution in [-0.4, -0.2) is 33.7 Å². The Hall–Kier alpha value is -1.28. The summed E-state index contributed by atoms with van der Waals surface area (Å²) in [5.41, 5.74) is 8.31. The van der Waals surface area contributed by atoms with Gasteiger partial charge in [-0.05, 0) is 89.6 Å². The van der Waals surface area contributed by atoms with Gasteiger partial charge >= 0.3 is 0 Å². The van der Waals surface area contributed by atoms with Crippen LogP contribution in [0.5, 0.6) is 0 Å². The van der Waals surface area contributed by atoms with Gasteiger partial charge in [0.05, 0.1) is 0 Å². The highest BCUT2D eigenvalue weighted by Crippen LogP contribution is 2.18. The average Bonchev–Trinajstić information content (AvgIpc) is 2.84. The van der Waals surface area contributed by atoms with Gasteiger partial charge < -0.3 is 10.6 Å². The third-order valence-corrected chi connectivity index (χ3v) is 7.32. The van der Waals surface area contributed by atoms with Gasteiger partial charge in [0.15, 0.2) is 10.2 Å². The molecule has 8 heteroatoms. The van der Waals surface area contributed by atoms with E-state index >= 15 is 0 Å². The molecule has 0 unspecified atom stereocenters. The van der Waals surface area contributed by atoms with Crippen molar-refractivity contribution in [1.29, 1.82) is 0 Å². The maximum absolute atomic E-state index is 5.38. The van der Waals surface area contributed by atoms with Crippen molar-refractivity contribution in [2.45, 2.75) is 142 Å². The van der Waals surface area contributed by atoms with Crippen molar-refractivity contribution in [2.75, 3.05) is 0 Å². The number of hydrazone groups is 2. The highest BCUT2D eigenvalue weighted by molar-refractivity contribution is 7.80. The lowest BCUT2D eigenvalue weighted by atomic mass is 9.96. The van der Waals surface area contributed by atoms with Crippen LogP contribution in [0.25, 0.3) is 0 Å². The molecule has 0 saturated heterocycles. The lowest BCUT2D eigenvalue weighted by molar-refractivity contribution is 0.412. The zero-order valence-electron chi connectivity index (χ0n) is 21.6. The molecule has 0 aliphatic heterocycles. The van der Waals surface area contributed by atoms with Crippen LogP contribution in [0.15, 0.2) is 10.2 Å². The summed E-state index contributed by atoms with van der Waals surface area (Å²) in [6, 6.07) is 1.05. The average molecular weight is 509 g/mol. The first-order chi connectivity index (χ1) is 16.5. The zero-order valence-corrected chi connectivity index (χ0v) is 23.2. The van der Waals surface area contributed by atoms with Crippen LogP contribution in [0.4, 0.5) is 0 Å². The van der Waals surface area contributed by atoms with Crippen molar-refractivity contribution in [1.82, 2.24) is 21.5 Å². The molecule has 0 aromatic carbocycles. The molecule has 6 nitrogen and oxygen atoms in total. The number of hydrogen-bond donors (Lipinski definition) is 4. The lowest BCUT2D eigenvalue weighted by Gasteiger charge is -2.23. The standard InChI is InChI=1S/C26H48N6S2/c1-21(29-31-25(33)27-23-17-11-7-12-18-23)15-9-5-3-4-6-10-16-22(2)30-32-26(34)28-24-19-13-8-14-20-24/h23-24H,3-20H2,1-2H3,(H2,27,31,33)(H2,28,32,34)/b29-21+,30-22+. The SMILES string of the molecule is C/C(CCCCCCCC/C(C)=N/NC(=S)NC1CCCCC1)=N\NC(=S)NC1CCCCC1. The van der Waals surface area contributed by atoms with Crippen molar-refractivity contribution >= 4 is 46.1 Å². The summed E-state index contributed by atoms with van der Waals surface area (Å²) in [5, 5.41) is 17.0. The summed E-state index contributed by atoms with van der Waals surface area (Å²) in [7, 11) is 0. The second kappa shape index (κ2) is 18.1. The van der Waals surface area contributed by atoms with Gasteiger partial charge in [-0.1, -0.05) is 64.2 Å². The first kappa shape index (κ1) is 29.0. The van der Waals surface area contributed by atoms with Gasteiger partial charge in [0.2, 0.25) is 0 Å². The van der Waals surface area contributed by atoms with Crippen molar-refractivity contribution in [3.63, 3.8) is 0 Å². The minimum atomic E-state index is 0.524. The smallest absolute Gasteiger partial charge is 0.187 e. The molecule has 0 spiro atoms. The molecule has 0 bridgehead atoms. The largest absolute Gasteiger partial charge is 0.359 e. The molecule has 2 aliphatic carbocycles. The molecular formula is C26H48N6S2. The molecule has 0 atom stereocenters. The van der Waals surface area contributed by atoms with Gasteiger partial charge in [-0.3, -0.25) is 10.9 Å². The number of rotatable bonds is 13. The number of nitrogens with zero attached hydrogens (tertiary/aromatic N) is 2. The van der Waals surface area contributed by atoms with E-state index in [1.54, 1.807) is 0 Å². The molecule has 2 fully saturated rings. The van der Waals surface area contributed by atoms with Crippen LogP contribution in [0.1, 0.15) is 129 Å². The van der Waals surface area contributed by atoms with Crippen LogP contribution in [0, 0.1) is 0 Å². The maximum atomic E-state index is 5.38. The summed E-state index contributed by atoms with van der Waals surface area (Å²) in [4.78, 5) is 0. The summed E-state index contributed by atoms with van der Waals surface area (Å²) in [6.45, 7) is 4.17. The van der Waals surface area contributed by atoms with E-state index in [0.29, 0.717) is 22.3 Å². The Morgan fingerprint density at radius 2 is 0.941 bits per heavy atom. The Morgan fingerprint density at radius 1 is 0.588 bits per heavy atom. The number of nitrogens with one attached hydrogen (secondary N) is 4. The number of thiocarbonyl (C=S) groups is 2. The highest BCUT2D eigenvalue weighted by Gasteiger charge is 2.14. The monoisotopic (exact) mass is 508 g/mol. The molecule has 0 heterocycles. The molecular weight excluding hydrogens is 460 g/mol. The van der Waals surface area contributed by atoms with E-state index in [1.807, 2.05) is 0 Å². The number of hydrogen-bond acceptors (Lipinski definition) is 4. The normalized spacial score (nSPS) is 18.4. The van der Waals surface area contributed by atoms with E-state index in [2.05, 4.69) is 45.5 Å². The topological polar surface area (TPSA) is 72.8 Å². The summed E-state index contributed by atoms with van der Waals surface area (Å²) in [5.74, 6) is 0. The summed E-state index contributed by atoms with van der Waals surface area (Å²) < 4.78 is 0. The Kier molecular flexibility index (Phi) is 15.4. The maximum Gasteiger partial charge on any atom is 0.187 e. The van der Waals surface area contributed by atoms with E-state index in [-0.39, 0.29) is 0 Å². The summed E-state index contributed by atoms with van der Waals surface area (Å²) >= 11 is 10.8. The minimum absolute atomic E-state index is 0.524. The second-order valence-electron chi connectivity index (χ2n) is 10.2. The van der Waals surface area contributed by atoms with Gasteiger partial charge in [0, 0.05) is 23.5 Å². The van der Waals surface area contributed by atoms with Crippen molar-refractivity contribution < 1.29 is 0 Å². The third-order valence-electron chi connectivity index (χ3n) is 6.90. The van der Waals surface area contributed by atoms with Crippen molar-refractivity contribution in [2.24, 2.45) is 10.2 Å². The van der Waals surface area contributed by atoms with Crippen LogP contribution in [-0.2, 0) is 0 Å². The van der Waals surface area contributed by atoms with Crippen LogP contribution in [0.2, 0.25) is 0 Å². The van der Waals surface area contributed by atoms with Gasteiger partial charge in [0.25, 0.3) is 0 Å². The minimum Gasteiger partial charge on any atom is -0.359 e. The lowest BCUT2D eigenvalue weighted by Crippen LogP contribution is -2.41. The first-order valence-electron chi connectivity index (χ1n) is 13.7. The van der Waals surface area contributed by atoms with Gasteiger partial charge in [-0.2, -0.15) is 10.2 Å². The molecule has 194 valence electrons. The van der Waals surface area contributed by atoms with Gasteiger partial charge in [0.1, 0.15) is 0 Å². The van der Waals surface area contributed by atoms with E-state index in [4.69, 9.17) is 24.4 Å². The van der Waals surface area contributed by atoms with Gasteiger partial charge in [-0.15, -0.1) is 0 Å². The van der Waals surface area contributed by atoms with Gasteiger partial charge in [-0.25, -0.2) is 0 Å². The molecule has 2 aliphatic rings. The van der Waals surface area contributed by atoms with Crippen LogP contribution in [0.3, 0.4) is 0 Å². The van der Waals surface area contributed by atoms with E-state index in [1.165, 1.54) is 103 Å². The quantitative estimate of drug-likeness (QED) is 0.0991. The Bertz CT molecular complexity index is 596. The Morgan fingerprint density at radius 3 is 1.32 bits per heavy atom. The fraction of sp³-hybridized carbons (Fsp3) is 0.846. The molecule has 0 aromatic rings. The fourth-order valence-corrected chi connectivity index (χ4v) is 5.23. The van der Waals surface area contributed by atoms with E-state index < -0.39 is 0 Å². The predicted molar refractivity (Wildman–Crippen MR) is 155 cm³/mol. The zero-order chi connectivity index (χ0) is 24.4. The Balaban J connectivity index is 1.41. The van der Waals surface area contributed by atoms with Crippen molar-refractivity contribution in [3.05, 3.63) is 0 Å². The second-order valence-corrected chi connectivity index (χ2v) is 11.0. The molecule has 2 rings (SSSR count). The molecule has 34 heavy (non-hydrogen) atoms. The Labute approximate surface area is 218 Å². The van der Waals surface area contributed by atoms with Crippen LogP contribution >= 0.6 is 24.4 Å². The first-order valence-corrected chi connectivity index (χ1v) is 14.5. The molecule has 0 radical (unpaired) electrons. The molecule has 0 aromatic heterocycles. The van der Waals surface area contributed by atoms with Crippen molar-refractivity contribution in [3.8, 4) is 0 Å². The molecule has 0 amide bonds. The predicted octanol–water partition coefficient (Wildman–Crippen LogP) is 6.45.